The van der Waals surface area contributed by atoms with Crippen molar-refractivity contribution in [2.24, 2.45) is 0 Å². The summed E-state index contributed by atoms with van der Waals surface area (Å²) in [5.41, 5.74) is 9.01. The minimum absolute atomic E-state index is 0. The van der Waals surface area contributed by atoms with E-state index in [-0.39, 0.29) is 114 Å². The molecule has 0 saturated carbocycles. The minimum Gasteiger partial charge on any atom is -0.541 e. The Morgan fingerprint density at radius 3 is 0.956 bits per heavy atom. The van der Waals surface area contributed by atoms with Crippen molar-refractivity contribution in [3.8, 4) is 101 Å². The number of amides is 1. The van der Waals surface area contributed by atoms with Gasteiger partial charge in [-0.1, -0.05) is 271 Å². The zero-order valence-corrected chi connectivity index (χ0v) is 81.3. The number of aromatic nitrogens is 9. The Bertz CT molecular complexity index is 8020. The molecular weight excluding hydrogens is 2300 g/mol. The number of rotatable bonds is 19. The largest absolute Gasteiger partial charge is 2.00 e. The SMILES string of the molecule is CC(C)(c1cc(-c2ccc3ccccc3c2)cc(C(=O)O)n1)c1cc(-c2ccc3ccccc3c2)cc(-c2[c-]cc(F)nc2F)n1.CC(C)(c1cc(-c2cccc3ccccc23)cc(C(=O)O)n1)c1cc(-c2cccc3ccccc23)cc(-c2[c-]cc(F)nc2F)n1.CC(C)(c1cc(-c2ccccc2)cc(C(=O)[N-]S(C)(=O)=O)n1)c1cc(-c2ccccc2)cc(-c2[c-]cc(F)nc2F)n1.[Pt+2].[Pt].[Pt]. The molecule has 0 spiro atoms. The van der Waals surface area contributed by atoms with Crippen molar-refractivity contribution in [2.75, 3.05) is 6.26 Å². The Labute approximate surface area is 827 Å². The first-order valence-corrected chi connectivity index (χ1v) is 44.0. The van der Waals surface area contributed by atoms with Gasteiger partial charge in [-0.3, -0.25) is 19.9 Å². The van der Waals surface area contributed by atoms with Crippen LogP contribution in [0.15, 0.2) is 322 Å². The topological polar surface area (TPSA) is 256 Å². The molecule has 0 radical (unpaired) electrons. The van der Waals surface area contributed by atoms with Crippen LogP contribution in [0, 0.1) is 53.9 Å². The molecule has 27 heteroatoms. The molecule has 0 aliphatic carbocycles. The van der Waals surface area contributed by atoms with Crippen LogP contribution in [-0.2, 0) is 89.5 Å². The molecule has 0 bridgehead atoms. The zero-order chi connectivity index (χ0) is 94.1. The summed E-state index contributed by atoms with van der Waals surface area (Å²) in [6.45, 7) is 11.2. The fourth-order valence-electron chi connectivity index (χ4n) is 16.0. The summed E-state index contributed by atoms with van der Waals surface area (Å²) in [5, 5.41) is 28.4. The van der Waals surface area contributed by atoms with Gasteiger partial charge in [-0.05, 0) is 235 Å². The summed E-state index contributed by atoms with van der Waals surface area (Å²) >= 11 is 0. The second kappa shape index (κ2) is 41.0. The molecule has 17 nitrogen and oxygen atoms in total. The first kappa shape index (κ1) is 98.6. The van der Waals surface area contributed by atoms with Gasteiger partial charge < -0.3 is 34.7 Å². The van der Waals surface area contributed by atoms with E-state index in [9.17, 15) is 50.6 Å². The number of carbonyl (C=O) groups is 3. The molecule has 19 rings (SSSR count). The van der Waals surface area contributed by atoms with Crippen LogP contribution in [0.3, 0.4) is 0 Å². The fourth-order valence-corrected chi connectivity index (χ4v) is 16.4. The van der Waals surface area contributed by atoms with Crippen molar-refractivity contribution in [2.45, 2.75) is 57.8 Å². The third kappa shape index (κ3) is 21.6. The number of pyridine rings is 9. The van der Waals surface area contributed by atoms with Crippen LogP contribution in [0.5, 0.6) is 0 Å². The molecule has 19 aromatic rings. The molecule has 0 aliphatic rings. The first-order valence-electron chi connectivity index (χ1n) is 42.1. The number of halogens is 6. The third-order valence-corrected chi connectivity index (χ3v) is 23.8. The van der Waals surface area contributed by atoms with Gasteiger partial charge in [0.05, 0.1) is 32.8 Å². The average Bonchev–Trinajstić information content (AvgIpc) is 0.753. The molecule has 0 atom stereocenters. The normalized spacial score (nSPS) is 11.4. The summed E-state index contributed by atoms with van der Waals surface area (Å²) in [4.78, 5) is 75.7. The molecule has 688 valence electrons. The maximum Gasteiger partial charge on any atom is 2.00 e. The van der Waals surface area contributed by atoms with Gasteiger partial charge in [-0.15, -0.1) is 18.2 Å². The molecule has 0 fully saturated rings. The molecule has 1 amide bonds. The van der Waals surface area contributed by atoms with Crippen LogP contribution < -0.4 is 0 Å². The summed E-state index contributed by atoms with van der Waals surface area (Å²) in [6, 6.07) is 106. The molecule has 0 saturated heterocycles. The van der Waals surface area contributed by atoms with E-state index in [1.807, 2.05) is 302 Å². The van der Waals surface area contributed by atoms with Crippen molar-refractivity contribution in [1.82, 2.24) is 44.9 Å². The molecule has 9 heterocycles. The average molecular weight is 2380 g/mol. The maximum atomic E-state index is 15.1. The van der Waals surface area contributed by atoms with Crippen molar-refractivity contribution in [3.05, 3.63) is 431 Å². The fraction of sp³-hybridized carbons (Fsp3) is 0.0909. The van der Waals surface area contributed by atoms with Gasteiger partial charge in [0.1, 0.15) is 53.0 Å². The maximum absolute atomic E-state index is 15.1. The van der Waals surface area contributed by atoms with Crippen molar-refractivity contribution < 1.29 is 123 Å². The number of fused-ring (bicyclic) bond motifs is 4. The van der Waals surface area contributed by atoms with E-state index in [1.54, 1.807) is 36.4 Å². The van der Waals surface area contributed by atoms with E-state index in [1.165, 1.54) is 6.07 Å². The van der Waals surface area contributed by atoms with Crippen molar-refractivity contribution in [1.29, 1.82) is 0 Å². The van der Waals surface area contributed by atoms with Crippen molar-refractivity contribution in [3.63, 3.8) is 0 Å². The molecule has 2 N–H and O–H groups in total. The van der Waals surface area contributed by atoms with Gasteiger partial charge in [0, 0.05) is 81.7 Å². The number of carbonyl (C=O) groups excluding carboxylic acids is 1. The monoisotopic (exact) mass is 2380 g/mol. The molecule has 0 unspecified atom stereocenters. The van der Waals surface area contributed by atoms with Crippen LogP contribution >= 0.6 is 0 Å². The van der Waals surface area contributed by atoms with Crippen LogP contribution in [0.2, 0.25) is 0 Å². The number of aromatic carboxylic acids is 2. The number of benzene rings is 10. The Morgan fingerprint density at radius 1 is 0.299 bits per heavy atom. The van der Waals surface area contributed by atoms with Gasteiger partial charge in [0.25, 0.3) is 0 Å². The molecule has 9 aromatic heterocycles. The van der Waals surface area contributed by atoms with Crippen LogP contribution in [0.1, 0.15) is 107 Å². The molecular formula is C110H76F6N10O7Pt3S-2. The predicted molar refractivity (Wildman–Crippen MR) is 507 cm³/mol. The Kier molecular flexibility index (Phi) is 29.5. The standard InChI is InChI=1S/2C39H26F2N3O2.C32H25F2N4O3S.3Pt/c1-39(2,35-22-26(20-33(43-35)38(45)46)30-16-8-12-24-10-4-6-14-28(24)30)34-21-25(29-15-7-11-23-9-3-5-13-27(23)29)19-32(42-34)31-17-18-36(40)44-37(31)41;1-39(2,35-22-30(20-33(43-35)38(45)46)28-14-12-24-8-4-6-10-26(24)18-28)34-21-29(27-13-11-23-7-3-5-9-25(23)17-27)19-32(42-34)31-15-16-36(40)44-37(31)41;1-32(2,28-19-23(21-12-8-5-9-13-21)17-26(36-28)31(39)38-42(3,40)41)27-18-22(20-10-6-4-7-11-20)16-25(35-27)24-14-15-29(33)37-30(24)34;;;/h3-16,18-22H,1-2H3,(H,45,46);3-14,16-22H,1-2H3,(H,45,46);4-13,15-19H,1-3H3,(H,38,39);;;/q3*-1;;;+2/p-1. The van der Waals surface area contributed by atoms with Crippen LogP contribution in [0.4, 0.5) is 26.3 Å². The molecule has 10 aromatic carbocycles. The number of nitrogens with zero attached hydrogens (tertiary/aromatic N) is 10. The summed E-state index contributed by atoms with van der Waals surface area (Å²) in [5.74, 6) is -9.42. The summed E-state index contributed by atoms with van der Waals surface area (Å²) in [6.07, 6.45) is 0.831. The number of hydrogen-bond donors (Lipinski definition) is 2. The van der Waals surface area contributed by atoms with Crippen LogP contribution in [0.25, 0.3) is 148 Å². The summed E-state index contributed by atoms with van der Waals surface area (Å²) < 4.78 is 113. The van der Waals surface area contributed by atoms with Gasteiger partial charge in [0.2, 0.25) is 0 Å². The van der Waals surface area contributed by atoms with Gasteiger partial charge in [-0.2, -0.15) is 0 Å². The zero-order valence-electron chi connectivity index (χ0n) is 73.6. The predicted octanol–water partition coefficient (Wildman–Crippen LogP) is 25.3. The van der Waals surface area contributed by atoms with E-state index in [0.29, 0.717) is 56.4 Å². The smallest absolute Gasteiger partial charge is 0.541 e. The number of hydrogen-bond acceptors (Lipinski definition) is 14. The number of sulfonamides is 1. The third-order valence-electron chi connectivity index (χ3n) is 23.3. The van der Waals surface area contributed by atoms with E-state index in [2.05, 4.69) is 52.8 Å². The van der Waals surface area contributed by atoms with E-state index in [4.69, 9.17) is 15.0 Å². The van der Waals surface area contributed by atoms with Crippen LogP contribution in [-0.4, -0.2) is 87.6 Å². The van der Waals surface area contributed by atoms with Gasteiger partial charge in [0.15, 0.2) is 0 Å². The second-order valence-electron chi connectivity index (χ2n) is 33.4. The Morgan fingerprint density at radius 2 is 0.584 bits per heavy atom. The number of carboxylic acid groups (broad SMARTS) is 2. The van der Waals surface area contributed by atoms with E-state index < -0.39 is 79.8 Å². The Balaban J connectivity index is 0.000000163. The second-order valence-corrected chi connectivity index (χ2v) is 35.1. The first-order chi connectivity index (χ1) is 64.2. The van der Waals surface area contributed by atoms with Crippen molar-refractivity contribution >= 4 is 71.0 Å². The van der Waals surface area contributed by atoms with Gasteiger partial charge in [-0.25, -0.2) is 54.3 Å². The molecule has 0 aliphatic heterocycles. The quantitative estimate of drug-likeness (QED) is 0.0433. The minimum atomic E-state index is -3.98. The molecule has 137 heavy (non-hydrogen) atoms. The van der Waals surface area contributed by atoms with E-state index >= 15 is 8.78 Å². The summed E-state index contributed by atoms with van der Waals surface area (Å²) in [7, 11) is -3.98. The van der Waals surface area contributed by atoms with E-state index in [0.717, 1.165) is 112 Å². The van der Waals surface area contributed by atoms with Gasteiger partial charge >= 0.3 is 33.0 Å². The Hall–Kier alpha value is -14.4. The number of carboxylic acids is 2.